The van der Waals surface area contributed by atoms with Crippen LogP contribution in [0, 0.1) is 11.8 Å². The number of allylic oxidation sites excluding steroid dienone is 2. The molecular formula is C9H14O. The van der Waals surface area contributed by atoms with Gasteiger partial charge in [-0.15, -0.1) is 0 Å². The second-order valence-corrected chi connectivity index (χ2v) is 3.29. The first kappa shape index (κ1) is 7.52. The van der Waals surface area contributed by atoms with Gasteiger partial charge < -0.3 is 0 Å². The first-order valence-electron chi connectivity index (χ1n) is 3.88. The fourth-order valence-electron chi connectivity index (χ4n) is 1.32. The number of carbonyl (C=O) groups excluding carboxylic acids is 1. The Morgan fingerprint density at radius 1 is 1.50 bits per heavy atom. The summed E-state index contributed by atoms with van der Waals surface area (Å²) in [6.07, 6.45) is 5.11. The van der Waals surface area contributed by atoms with E-state index in [2.05, 4.69) is 19.9 Å². The van der Waals surface area contributed by atoms with Gasteiger partial charge in [-0.3, -0.25) is 4.79 Å². The average Bonchev–Trinajstić information content (AvgIpc) is 1.95. The van der Waals surface area contributed by atoms with Crippen LogP contribution in [0.15, 0.2) is 11.6 Å². The minimum Gasteiger partial charge on any atom is -0.298 e. The van der Waals surface area contributed by atoms with Gasteiger partial charge in [0.05, 0.1) is 0 Å². The lowest BCUT2D eigenvalue weighted by Crippen LogP contribution is -2.13. The van der Waals surface area contributed by atoms with Crippen LogP contribution in [0.1, 0.15) is 26.7 Å². The Hall–Kier alpha value is -0.590. The summed E-state index contributed by atoms with van der Waals surface area (Å²) in [4.78, 5) is 10.3. The quantitative estimate of drug-likeness (QED) is 0.507. The number of rotatable bonds is 1. The van der Waals surface area contributed by atoms with Gasteiger partial charge in [0.25, 0.3) is 0 Å². The van der Waals surface area contributed by atoms with Gasteiger partial charge in [-0.05, 0) is 30.3 Å². The second kappa shape index (κ2) is 3.00. The van der Waals surface area contributed by atoms with Crippen molar-refractivity contribution in [1.29, 1.82) is 0 Å². The zero-order chi connectivity index (χ0) is 7.56. The zero-order valence-electron chi connectivity index (χ0n) is 6.63. The Morgan fingerprint density at radius 3 is 2.70 bits per heavy atom. The third-order valence-electron chi connectivity index (χ3n) is 2.43. The molecule has 2 atom stereocenters. The monoisotopic (exact) mass is 138 g/mol. The zero-order valence-corrected chi connectivity index (χ0v) is 6.63. The van der Waals surface area contributed by atoms with Crippen molar-refractivity contribution >= 4 is 6.29 Å². The van der Waals surface area contributed by atoms with Gasteiger partial charge in [-0.25, -0.2) is 0 Å². The van der Waals surface area contributed by atoms with Crippen molar-refractivity contribution in [2.75, 3.05) is 0 Å². The molecule has 1 nitrogen and oxygen atoms in total. The molecule has 1 aliphatic rings. The van der Waals surface area contributed by atoms with Gasteiger partial charge in [0, 0.05) is 0 Å². The van der Waals surface area contributed by atoms with Gasteiger partial charge in [-0.2, -0.15) is 0 Å². The average molecular weight is 138 g/mol. The number of hydrogen-bond acceptors (Lipinski definition) is 1. The van der Waals surface area contributed by atoms with Crippen molar-refractivity contribution in [2.24, 2.45) is 11.8 Å². The number of hydrogen-bond donors (Lipinski definition) is 0. The summed E-state index contributed by atoms with van der Waals surface area (Å²) in [5.41, 5.74) is 0.991. The van der Waals surface area contributed by atoms with Crippen molar-refractivity contribution in [2.45, 2.75) is 26.7 Å². The lowest BCUT2D eigenvalue weighted by atomic mass is 9.82. The summed E-state index contributed by atoms with van der Waals surface area (Å²) in [5, 5.41) is 0. The van der Waals surface area contributed by atoms with E-state index in [4.69, 9.17) is 0 Å². The molecule has 0 radical (unpaired) electrons. The Labute approximate surface area is 62.1 Å². The van der Waals surface area contributed by atoms with E-state index in [1.165, 1.54) is 0 Å². The fraction of sp³-hybridized carbons (Fsp3) is 0.667. The van der Waals surface area contributed by atoms with Gasteiger partial charge in [-0.1, -0.05) is 19.9 Å². The molecule has 2 unspecified atom stereocenters. The molecule has 0 spiro atoms. The van der Waals surface area contributed by atoms with Gasteiger partial charge in [0.2, 0.25) is 0 Å². The molecule has 0 heterocycles. The molecule has 0 N–H and O–H groups in total. The molecule has 1 heteroatoms. The van der Waals surface area contributed by atoms with E-state index >= 15 is 0 Å². The highest BCUT2D eigenvalue weighted by molar-refractivity contribution is 5.73. The van der Waals surface area contributed by atoms with E-state index in [1.807, 2.05) is 0 Å². The van der Waals surface area contributed by atoms with Crippen molar-refractivity contribution in [1.82, 2.24) is 0 Å². The highest BCUT2D eigenvalue weighted by Crippen LogP contribution is 2.27. The molecule has 56 valence electrons. The molecule has 0 aromatic carbocycles. The molecule has 0 bridgehead atoms. The van der Waals surface area contributed by atoms with Crippen molar-refractivity contribution in [3.05, 3.63) is 11.6 Å². The predicted molar refractivity (Wildman–Crippen MR) is 41.7 cm³/mol. The molecule has 0 amide bonds. The highest BCUT2D eigenvalue weighted by Gasteiger charge is 2.17. The van der Waals surface area contributed by atoms with E-state index in [1.54, 1.807) is 0 Å². The summed E-state index contributed by atoms with van der Waals surface area (Å²) >= 11 is 0. The molecule has 0 saturated carbocycles. The van der Waals surface area contributed by atoms with Crippen LogP contribution in [0.3, 0.4) is 0 Å². The Bertz CT molecular complexity index is 158. The largest absolute Gasteiger partial charge is 0.298 e. The molecule has 1 rings (SSSR count). The van der Waals surface area contributed by atoms with Crippen molar-refractivity contribution in [3.63, 3.8) is 0 Å². The van der Waals surface area contributed by atoms with Crippen molar-refractivity contribution < 1.29 is 4.79 Å². The third kappa shape index (κ3) is 1.47. The summed E-state index contributed by atoms with van der Waals surface area (Å²) in [6.45, 7) is 4.45. The molecule has 1 aliphatic carbocycles. The molecule has 0 aliphatic heterocycles. The first-order chi connectivity index (χ1) is 4.74. The lowest BCUT2D eigenvalue weighted by molar-refractivity contribution is -0.105. The fourth-order valence-corrected chi connectivity index (χ4v) is 1.32. The van der Waals surface area contributed by atoms with Crippen LogP contribution in [-0.2, 0) is 4.79 Å². The summed E-state index contributed by atoms with van der Waals surface area (Å²) in [5.74, 6) is 1.44. The smallest absolute Gasteiger partial charge is 0.145 e. The van der Waals surface area contributed by atoms with E-state index in [0.29, 0.717) is 5.92 Å². The maximum absolute atomic E-state index is 10.3. The molecule has 0 saturated heterocycles. The van der Waals surface area contributed by atoms with Crippen LogP contribution in [-0.4, -0.2) is 6.29 Å². The topological polar surface area (TPSA) is 17.1 Å². The highest BCUT2D eigenvalue weighted by atomic mass is 16.1. The minimum absolute atomic E-state index is 0.685. The predicted octanol–water partition coefficient (Wildman–Crippen LogP) is 2.18. The Morgan fingerprint density at radius 2 is 2.20 bits per heavy atom. The van der Waals surface area contributed by atoms with Gasteiger partial charge >= 0.3 is 0 Å². The SMILES string of the molecule is CC1CC=C(C=O)CC1C. The van der Waals surface area contributed by atoms with Crippen molar-refractivity contribution in [3.8, 4) is 0 Å². The minimum atomic E-state index is 0.685. The summed E-state index contributed by atoms with van der Waals surface area (Å²) in [6, 6.07) is 0. The molecule has 0 aromatic heterocycles. The van der Waals surface area contributed by atoms with Crippen LogP contribution in [0.4, 0.5) is 0 Å². The molecular weight excluding hydrogens is 124 g/mol. The maximum atomic E-state index is 10.3. The van der Waals surface area contributed by atoms with Crippen LogP contribution in [0.5, 0.6) is 0 Å². The van der Waals surface area contributed by atoms with Crippen LogP contribution in [0.2, 0.25) is 0 Å². The van der Waals surface area contributed by atoms with Crippen LogP contribution in [0.25, 0.3) is 0 Å². The van der Waals surface area contributed by atoms with Crippen LogP contribution >= 0.6 is 0 Å². The van der Waals surface area contributed by atoms with E-state index in [-0.39, 0.29) is 0 Å². The standard InChI is InChI=1S/C9H14O/c1-7-3-4-9(6-10)5-8(7)2/h4,6-8H,3,5H2,1-2H3. The Kier molecular flexibility index (Phi) is 2.25. The number of carbonyl (C=O) groups is 1. The van der Waals surface area contributed by atoms with E-state index in [9.17, 15) is 4.79 Å². The molecule has 10 heavy (non-hydrogen) atoms. The third-order valence-corrected chi connectivity index (χ3v) is 2.43. The van der Waals surface area contributed by atoms with Gasteiger partial charge in [0.1, 0.15) is 6.29 Å². The maximum Gasteiger partial charge on any atom is 0.145 e. The molecule has 0 fully saturated rings. The molecule has 0 aromatic rings. The van der Waals surface area contributed by atoms with Crippen LogP contribution < -0.4 is 0 Å². The van der Waals surface area contributed by atoms with Gasteiger partial charge in [0.15, 0.2) is 0 Å². The second-order valence-electron chi connectivity index (χ2n) is 3.29. The normalized spacial score (nSPS) is 33.2. The van der Waals surface area contributed by atoms with E-state index in [0.717, 1.165) is 30.6 Å². The summed E-state index contributed by atoms with van der Waals surface area (Å²) < 4.78 is 0. The first-order valence-corrected chi connectivity index (χ1v) is 3.88. The number of aldehydes is 1. The lowest BCUT2D eigenvalue weighted by Gasteiger charge is -2.22. The Balaban J connectivity index is 2.60. The summed E-state index contributed by atoms with van der Waals surface area (Å²) in [7, 11) is 0. The van der Waals surface area contributed by atoms with E-state index < -0.39 is 0 Å².